The number of hydrogen-bond acceptors (Lipinski definition) is 7. The standard InChI is InChI=1S/C29H30F5N5O4/c30-28(31)16-38(25(40)21-9-11-36-14-22(21)18-5-2-1-3-6-18)12-10-27(28,42)15-39-17-37-24(23(35)26(39)41)43-20-8-4-7-19(13-20)29(32,33)34/h1-8,13,17,21-22,36,42H,9-12,14-16,35H2/t21-,22+,27+/m1/s1. The van der Waals surface area contributed by atoms with Crippen molar-refractivity contribution >= 4 is 11.6 Å². The second-order valence-electron chi connectivity index (χ2n) is 10.9. The van der Waals surface area contributed by atoms with E-state index in [9.17, 15) is 27.9 Å². The second-order valence-corrected chi connectivity index (χ2v) is 10.9. The predicted octanol–water partition coefficient (Wildman–Crippen LogP) is 3.63. The van der Waals surface area contributed by atoms with Gasteiger partial charge in [0.1, 0.15) is 17.7 Å². The first-order chi connectivity index (χ1) is 20.3. The van der Waals surface area contributed by atoms with E-state index < -0.39 is 71.7 Å². The highest BCUT2D eigenvalue weighted by Crippen LogP contribution is 2.40. The van der Waals surface area contributed by atoms with Gasteiger partial charge in [0, 0.05) is 31.3 Å². The van der Waals surface area contributed by atoms with Crippen LogP contribution in [0.15, 0.2) is 65.7 Å². The fraction of sp³-hybridized carbons (Fsp3) is 0.414. The molecule has 3 heterocycles. The van der Waals surface area contributed by atoms with E-state index in [-0.39, 0.29) is 18.2 Å². The third-order valence-corrected chi connectivity index (χ3v) is 8.05. The summed E-state index contributed by atoms with van der Waals surface area (Å²) >= 11 is 0. The average Bonchev–Trinajstić information content (AvgIpc) is 2.98. The lowest BCUT2D eigenvalue weighted by molar-refractivity contribution is -0.223. The zero-order valence-corrected chi connectivity index (χ0v) is 22.9. The van der Waals surface area contributed by atoms with Gasteiger partial charge in [-0.2, -0.15) is 13.2 Å². The lowest BCUT2D eigenvalue weighted by atomic mass is 9.79. The minimum absolute atomic E-state index is 0.162. The van der Waals surface area contributed by atoms with Gasteiger partial charge < -0.3 is 25.8 Å². The molecule has 2 fully saturated rings. The quantitative estimate of drug-likeness (QED) is 0.366. The zero-order valence-electron chi connectivity index (χ0n) is 22.9. The van der Waals surface area contributed by atoms with Gasteiger partial charge in [-0.3, -0.25) is 14.2 Å². The number of anilines is 1. The molecule has 1 amide bonds. The number of nitrogens with zero attached hydrogens (tertiary/aromatic N) is 3. The fourth-order valence-corrected chi connectivity index (χ4v) is 5.60. The summed E-state index contributed by atoms with van der Waals surface area (Å²) in [6, 6.07) is 13.2. The molecule has 5 rings (SSSR count). The number of likely N-dealkylation sites (tertiary alicyclic amines) is 1. The Bertz CT molecular complexity index is 1530. The fourth-order valence-electron chi connectivity index (χ4n) is 5.60. The van der Waals surface area contributed by atoms with Crippen molar-refractivity contribution in [1.82, 2.24) is 19.8 Å². The summed E-state index contributed by atoms with van der Waals surface area (Å²) in [4.78, 5) is 31.3. The highest BCUT2D eigenvalue weighted by Gasteiger charge is 2.57. The number of alkyl halides is 5. The average molecular weight is 608 g/mol. The van der Waals surface area contributed by atoms with Crippen molar-refractivity contribution in [2.45, 2.75) is 43.0 Å². The Morgan fingerprint density at radius 1 is 1.16 bits per heavy atom. The van der Waals surface area contributed by atoms with E-state index in [0.29, 0.717) is 30.1 Å². The summed E-state index contributed by atoms with van der Waals surface area (Å²) in [7, 11) is 0. The molecule has 0 spiro atoms. The molecule has 2 aromatic carbocycles. The van der Waals surface area contributed by atoms with E-state index in [2.05, 4.69) is 10.3 Å². The van der Waals surface area contributed by atoms with Crippen LogP contribution >= 0.6 is 0 Å². The number of carbonyl (C=O) groups is 1. The highest BCUT2D eigenvalue weighted by atomic mass is 19.4. The largest absolute Gasteiger partial charge is 0.437 e. The van der Waals surface area contributed by atoms with Crippen LogP contribution < -0.4 is 21.3 Å². The van der Waals surface area contributed by atoms with Crippen molar-refractivity contribution in [1.29, 1.82) is 0 Å². The van der Waals surface area contributed by atoms with Crippen LogP contribution in [0.4, 0.5) is 27.6 Å². The van der Waals surface area contributed by atoms with Gasteiger partial charge in [0.15, 0.2) is 5.69 Å². The van der Waals surface area contributed by atoms with Crippen molar-refractivity contribution in [2.75, 3.05) is 31.9 Å². The molecule has 0 bridgehead atoms. The van der Waals surface area contributed by atoms with Crippen LogP contribution in [-0.4, -0.2) is 63.2 Å². The van der Waals surface area contributed by atoms with E-state index in [1.54, 1.807) is 0 Å². The third kappa shape index (κ3) is 6.20. The topological polar surface area (TPSA) is 123 Å². The maximum Gasteiger partial charge on any atom is 0.416 e. The lowest BCUT2D eigenvalue weighted by Crippen LogP contribution is -2.64. The monoisotopic (exact) mass is 607 g/mol. The van der Waals surface area contributed by atoms with Crippen LogP contribution in [0.1, 0.15) is 29.9 Å². The Labute approximate surface area is 243 Å². The summed E-state index contributed by atoms with van der Waals surface area (Å²) in [5.41, 5.74) is 1.36. The molecule has 14 heteroatoms. The van der Waals surface area contributed by atoms with E-state index in [0.717, 1.165) is 28.9 Å². The number of hydrogen-bond donors (Lipinski definition) is 3. The number of benzene rings is 2. The molecule has 9 nitrogen and oxygen atoms in total. The molecular weight excluding hydrogens is 577 g/mol. The highest BCUT2D eigenvalue weighted by molar-refractivity contribution is 5.80. The summed E-state index contributed by atoms with van der Waals surface area (Å²) in [5.74, 6) is -5.73. The van der Waals surface area contributed by atoms with Crippen molar-refractivity contribution in [3.05, 3.63) is 82.4 Å². The number of aliphatic hydroxyl groups is 1. The number of nitrogen functional groups attached to an aromatic ring is 1. The number of piperidine rings is 2. The molecule has 2 aliphatic rings. The number of nitrogens with two attached hydrogens (primary N) is 1. The maximum absolute atomic E-state index is 15.5. The number of rotatable bonds is 6. The van der Waals surface area contributed by atoms with Gasteiger partial charge in [-0.1, -0.05) is 36.4 Å². The third-order valence-electron chi connectivity index (χ3n) is 8.05. The Hall–Kier alpha value is -4.04. The van der Waals surface area contributed by atoms with E-state index in [1.165, 1.54) is 6.07 Å². The number of nitrogens with one attached hydrogen (secondary N) is 1. The molecule has 1 aromatic heterocycles. The molecule has 3 atom stereocenters. The van der Waals surface area contributed by atoms with Crippen LogP contribution in [0.5, 0.6) is 11.6 Å². The molecule has 0 unspecified atom stereocenters. The molecule has 4 N–H and O–H groups in total. The minimum Gasteiger partial charge on any atom is -0.437 e. The van der Waals surface area contributed by atoms with Crippen molar-refractivity contribution < 1.29 is 36.6 Å². The van der Waals surface area contributed by atoms with Gasteiger partial charge in [-0.15, -0.1) is 0 Å². The number of halogens is 5. The van der Waals surface area contributed by atoms with Crippen LogP contribution in [0.25, 0.3) is 0 Å². The van der Waals surface area contributed by atoms with Gasteiger partial charge in [-0.05, 0) is 36.7 Å². The van der Waals surface area contributed by atoms with Crippen molar-refractivity contribution in [3.8, 4) is 11.6 Å². The zero-order chi connectivity index (χ0) is 31.0. The van der Waals surface area contributed by atoms with E-state index in [4.69, 9.17) is 10.5 Å². The molecule has 0 radical (unpaired) electrons. The molecule has 3 aromatic rings. The molecule has 2 saturated heterocycles. The van der Waals surface area contributed by atoms with Gasteiger partial charge in [0.2, 0.25) is 11.8 Å². The van der Waals surface area contributed by atoms with Gasteiger partial charge >= 0.3 is 6.18 Å². The molecule has 230 valence electrons. The normalized spacial score (nSPS) is 24.0. The Morgan fingerprint density at radius 2 is 1.91 bits per heavy atom. The number of ether oxygens (including phenoxy) is 1. The SMILES string of the molecule is Nc1c(Oc2cccc(C(F)(F)F)c2)ncn(C[C@@]2(O)CCN(C(=O)[C@@H]3CCNC[C@H]3c3ccccc3)CC2(F)F)c1=O. The summed E-state index contributed by atoms with van der Waals surface area (Å²) in [6.45, 7) is -0.993. The Morgan fingerprint density at radius 3 is 2.60 bits per heavy atom. The predicted molar refractivity (Wildman–Crippen MR) is 146 cm³/mol. The Kier molecular flexibility index (Phi) is 8.18. The Balaban J connectivity index is 1.30. The number of amides is 1. The maximum atomic E-state index is 15.5. The molecule has 43 heavy (non-hydrogen) atoms. The van der Waals surface area contributed by atoms with Crippen LogP contribution in [0, 0.1) is 5.92 Å². The molecule has 0 aliphatic carbocycles. The van der Waals surface area contributed by atoms with Crippen LogP contribution in [-0.2, 0) is 17.5 Å². The van der Waals surface area contributed by atoms with Crippen molar-refractivity contribution in [2.24, 2.45) is 5.92 Å². The second kappa shape index (κ2) is 11.6. The summed E-state index contributed by atoms with van der Waals surface area (Å²) < 4.78 is 76.1. The number of aromatic nitrogens is 2. The van der Waals surface area contributed by atoms with Crippen LogP contribution in [0.3, 0.4) is 0 Å². The van der Waals surface area contributed by atoms with Gasteiger partial charge in [-0.25, -0.2) is 13.8 Å². The molecule has 2 aliphatic heterocycles. The molecule has 0 saturated carbocycles. The first-order valence-corrected chi connectivity index (χ1v) is 13.6. The van der Waals surface area contributed by atoms with Gasteiger partial charge in [0.05, 0.1) is 18.7 Å². The summed E-state index contributed by atoms with van der Waals surface area (Å²) in [5, 5.41) is 14.3. The minimum atomic E-state index is -4.64. The first kappa shape index (κ1) is 30.4. The van der Waals surface area contributed by atoms with Gasteiger partial charge in [0.25, 0.3) is 11.5 Å². The van der Waals surface area contributed by atoms with Crippen LogP contribution in [0.2, 0.25) is 0 Å². The first-order valence-electron chi connectivity index (χ1n) is 13.6. The lowest BCUT2D eigenvalue weighted by Gasteiger charge is -2.46. The number of carbonyl (C=O) groups excluding carboxylic acids is 1. The van der Waals surface area contributed by atoms with E-state index >= 15 is 8.78 Å². The molecular formula is C29H30F5N5O4. The van der Waals surface area contributed by atoms with Crippen molar-refractivity contribution in [3.63, 3.8) is 0 Å². The summed E-state index contributed by atoms with van der Waals surface area (Å²) in [6.07, 6.45) is -3.87. The van der Waals surface area contributed by atoms with E-state index in [1.807, 2.05) is 30.3 Å². The smallest absolute Gasteiger partial charge is 0.416 e.